The second-order valence-corrected chi connectivity index (χ2v) is 4.71. The number of fused-ring (bicyclic) bond motifs is 1. The summed E-state index contributed by atoms with van der Waals surface area (Å²) in [5.41, 5.74) is 1.17. The van der Waals surface area contributed by atoms with Crippen LogP contribution in [0.3, 0.4) is 0 Å². The quantitative estimate of drug-likeness (QED) is 0.826. The van der Waals surface area contributed by atoms with Gasteiger partial charge in [0.25, 0.3) is 11.8 Å². The van der Waals surface area contributed by atoms with Gasteiger partial charge in [-0.2, -0.15) is 0 Å². The van der Waals surface area contributed by atoms with Crippen molar-refractivity contribution in [2.75, 3.05) is 5.32 Å². The van der Waals surface area contributed by atoms with E-state index in [0.29, 0.717) is 23.0 Å². The smallest absolute Gasteiger partial charge is 0.265 e. The Balaban J connectivity index is 1.83. The van der Waals surface area contributed by atoms with E-state index in [2.05, 4.69) is 10.6 Å². The highest BCUT2D eigenvalue weighted by atomic mass is 16.5. The number of amides is 2. The molecule has 1 heterocycles. The first-order valence-corrected chi connectivity index (χ1v) is 6.06. The van der Waals surface area contributed by atoms with Crippen molar-refractivity contribution < 1.29 is 14.3 Å². The van der Waals surface area contributed by atoms with Gasteiger partial charge in [0.2, 0.25) is 0 Å². The summed E-state index contributed by atoms with van der Waals surface area (Å²) in [5, 5.41) is 5.65. The van der Waals surface area contributed by atoms with Gasteiger partial charge in [0, 0.05) is 11.6 Å². The van der Waals surface area contributed by atoms with Crippen molar-refractivity contribution in [3.8, 4) is 5.75 Å². The van der Waals surface area contributed by atoms with Gasteiger partial charge in [0.15, 0.2) is 6.10 Å². The molecule has 0 saturated heterocycles. The molecule has 5 nitrogen and oxygen atoms in total. The fraction of sp³-hybridized carbons (Fsp3) is 0.385. The van der Waals surface area contributed by atoms with Crippen LogP contribution in [0.5, 0.6) is 5.75 Å². The minimum Gasteiger partial charge on any atom is -0.479 e. The van der Waals surface area contributed by atoms with Crippen molar-refractivity contribution in [2.45, 2.75) is 31.9 Å². The van der Waals surface area contributed by atoms with E-state index in [0.717, 1.165) is 12.8 Å². The van der Waals surface area contributed by atoms with Gasteiger partial charge in [-0.05, 0) is 38.0 Å². The molecule has 1 unspecified atom stereocenters. The zero-order chi connectivity index (χ0) is 12.7. The van der Waals surface area contributed by atoms with Crippen molar-refractivity contribution >= 4 is 17.5 Å². The lowest BCUT2D eigenvalue weighted by Gasteiger charge is -2.23. The fourth-order valence-electron chi connectivity index (χ4n) is 1.84. The number of benzene rings is 1. The number of hydrogen-bond donors (Lipinski definition) is 2. The Bertz CT molecular complexity index is 523. The molecule has 1 aliphatic carbocycles. The third-order valence-corrected chi connectivity index (χ3v) is 3.09. The highest BCUT2D eigenvalue weighted by Gasteiger charge is 2.26. The van der Waals surface area contributed by atoms with Gasteiger partial charge in [-0.3, -0.25) is 9.59 Å². The van der Waals surface area contributed by atoms with Gasteiger partial charge >= 0.3 is 0 Å². The molecule has 0 radical (unpaired) electrons. The second kappa shape index (κ2) is 4.01. The lowest BCUT2D eigenvalue weighted by Crippen LogP contribution is -2.34. The Morgan fingerprint density at radius 3 is 2.94 bits per heavy atom. The normalized spacial score (nSPS) is 21.6. The molecule has 1 aliphatic heterocycles. The minimum absolute atomic E-state index is 0.0894. The van der Waals surface area contributed by atoms with Crippen LogP contribution in [0.4, 0.5) is 5.69 Å². The zero-order valence-corrected chi connectivity index (χ0v) is 10.0. The Hall–Kier alpha value is -2.04. The summed E-state index contributed by atoms with van der Waals surface area (Å²) in [6, 6.07) is 5.38. The average molecular weight is 246 g/mol. The summed E-state index contributed by atoms with van der Waals surface area (Å²) in [6.07, 6.45) is 1.58. The maximum atomic E-state index is 11.9. The molecule has 5 heteroatoms. The Kier molecular flexibility index (Phi) is 2.47. The molecule has 1 saturated carbocycles. The predicted molar refractivity (Wildman–Crippen MR) is 65.6 cm³/mol. The molecule has 0 aromatic heterocycles. The summed E-state index contributed by atoms with van der Waals surface area (Å²) in [5.74, 6) is 0.289. The van der Waals surface area contributed by atoms with E-state index >= 15 is 0 Å². The topological polar surface area (TPSA) is 67.4 Å². The van der Waals surface area contributed by atoms with E-state index in [4.69, 9.17) is 4.74 Å². The summed E-state index contributed by atoms with van der Waals surface area (Å²) in [7, 11) is 0. The SMILES string of the molecule is CC1Oc2cc(C(=O)NC3CC3)ccc2NC1=O. The number of rotatable bonds is 2. The van der Waals surface area contributed by atoms with Gasteiger partial charge in [0.05, 0.1) is 5.69 Å². The van der Waals surface area contributed by atoms with Crippen LogP contribution >= 0.6 is 0 Å². The monoisotopic (exact) mass is 246 g/mol. The average Bonchev–Trinajstić information content (AvgIpc) is 3.14. The summed E-state index contributed by atoms with van der Waals surface area (Å²) >= 11 is 0. The van der Waals surface area contributed by atoms with Gasteiger partial charge in [-0.15, -0.1) is 0 Å². The number of carbonyl (C=O) groups excluding carboxylic acids is 2. The zero-order valence-electron chi connectivity index (χ0n) is 10.0. The summed E-state index contributed by atoms with van der Waals surface area (Å²) < 4.78 is 5.46. The molecular weight excluding hydrogens is 232 g/mol. The third kappa shape index (κ3) is 2.03. The van der Waals surface area contributed by atoms with Crippen LogP contribution in [0.25, 0.3) is 0 Å². The molecule has 2 amide bonds. The van der Waals surface area contributed by atoms with Crippen LogP contribution < -0.4 is 15.4 Å². The van der Waals surface area contributed by atoms with Crippen LogP contribution in [-0.4, -0.2) is 24.0 Å². The fourth-order valence-corrected chi connectivity index (χ4v) is 1.84. The van der Waals surface area contributed by atoms with E-state index in [1.807, 2.05) is 0 Å². The van der Waals surface area contributed by atoms with Gasteiger partial charge in [-0.1, -0.05) is 0 Å². The third-order valence-electron chi connectivity index (χ3n) is 3.09. The standard InChI is InChI=1S/C13H14N2O3/c1-7-12(16)15-10-5-2-8(6-11(10)18-7)13(17)14-9-3-4-9/h2,5-7,9H,3-4H2,1H3,(H,14,17)(H,15,16). The molecule has 1 atom stereocenters. The molecular formula is C13H14N2O3. The largest absolute Gasteiger partial charge is 0.479 e. The first kappa shape index (κ1) is 11.1. The number of anilines is 1. The maximum absolute atomic E-state index is 11.9. The molecule has 18 heavy (non-hydrogen) atoms. The van der Waals surface area contributed by atoms with E-state index in [1.54, 1.807) is 25.1 Å². The van der Waals surface area contributed by atoms with Crippen molar-refractivity contribution in [3.63, 3.8) is 0 Å². The summed E-state index contributed by atoms with van der Waals surface area (Å²) in [4.78, 5) is 23.3. The number of nitrogens with one attached hydrogen (secondary N) is 2. The Morgan fingerprint density at radius 2 is 2.22 bits per heavy atom. The van der Waals surface area contributed by atoms with E-state index in [9.17, 15) is 9.59 Å². The van der Waals surface area contributed by atoms with Crippen LogP contribution in [-0.2, 0) is 4.79 Å². The maximum Gasteiger partial charge on any atom is 0.265 e. The highest BCUT2D eigenvalue weighted by Crippen LogP contribution is 2.30. The van der Waals surface area contributed by atoms with Crippen LogP contribution in [0, 0.1) is 0 Å². The van der Waals surface area contributed by atoms with Crippen LogP contribution in [0.2, 0.25) is 0 Å². The highest BCUT2D eigenvalue weighted by molar-refractivity contribution is 6.00. The Labute approximate surface area is 105 Å². The number of carbonyl (C=O) groups is 2. The van der Waals surface area contributed by atoms with Crippen LogP contribution in [0.1, 0.15) is 30.1 Å². The van der Waals surface area contributed by atoms with E-state index < -0.39 is 6.10 Å². The summed E-state index contributed by atoms with van der Waals surface area (Å²) in [6.45, 7) is 1.68. The lowest BCUT2D eigenvalue weighted by atomic mass is 10.1. The lowest BCUT2D eigenvalue weighted by molar-refractivity contribution is -0.122. The van der Waals surface area contributed by atoms with Crippen molar-refractivity contribution in [1.82, 2.24) is 5.32 Å². The molecule has 1 fully saturated rings. The molecule has 2 aliphatic rings. The molecule has 1 aromatic carbocycles. The second-order valence-electron chi connectivity index (χ2n) is 4.71. The molecule has 0 spiro atoms. The van der Waals surface area contributed by atoms with Crippen molar-refractivity contribution in [3.05, 3.63) is 23.8 Å². The van der Waals surface area contributed by atoms with Gasteiger partial charge in [0.1, 0.15) is 5.75 Å². The van der Waals surface area contributed by atoms with Gasteiger partial charge < -0.3 is 15.4 Å². The number of hydrogen-bond acceptors (Lipinski definition) is 3. The molecule has 2 N–H and O–H groups in total. The Morgan fingerprint density at radius 1 is 1.44 bits per heavy atom. The number of ether oxygens (including phenoxy) is 1. The van der Waals surface area contributed by atoms with Crippen molar-refractivity contribution in [1.29, 1.82) is 0 Å². The predicted octanol–water partition coefficient (Wildman–Crippen LogP) is 1.30. The first-order valence-electron chi connectivity index (χ1n) is 6.06. The molecule has 1 aromatic rings. The van der Waals surface area contributed by atoms with Gasteiger partial charge in [-0.25, -0.2) is 0 Å². The minimum atomic E-state index is -0.528. The van der Waals surface area contributed by atoms with Crippen molar-refractivity contribution in [2.24, 2.45) is 0 Å². The molecule has 3 rings (SSSR count). The molecule has 94 valence electrons. The first-order chi connectivity index (χ1) is 8.63. The van der Waals surface area contributed by atoms with E-state index in [-0.39, 0.29) is 11.8 Å². The van der Waals surface area contributed by atoms with E-state index in [1.165, 1.54) is 0 Å². The van der Waals surface area contributed by atoms with Crippen LogP contribution in [0.15, 0.2) is 18.2 Å². The molecule has 0 bridgehead atoms.